The molecule has 180 valence electrons. The van der Waals surface area contributed by atoms with E-state index in [1.165, 1.54) is 0 Å². The molecule has 6 rings (SSSR count). The zero-order valence-corrected chi connectivity index (χ0v) is 21.5. The second kappa shape index (κ2) is 11.5. The topological polar surface area (TPSA) is 0 Å². The molecule has 0 heteroatoms. The van der Waals surface area contributed by atoms with E-state index in [0.717, 1.165) is 55.6 Å². The first-order chi connectivity index (χ1) is 19.7. The number of benzene rings is 5. The van der Waals surface area contributed by atoms with Crippen molar-refractivity contribution < 1.29 is 0 Å². The molecule has 1 aliphatic rings. The van der Waals surface area contributed by atoms with Crippen molar-refractivity contribution in [2.24, 2.45) is 0 Å². The third kappa shape index (κ3) is 6.42. The summed E-state index contributed by atoms with van der Waals surface area (Å²) in [6, 6.07) is 39.9. The molecule has 0 amide bonds. The van der Waals surface area contributed by atoms with E-state index >= 15 is 0 Å². The molecule has 0 saturated heterocycles. The first-order valence-electron chi connectivity index (χ1n) is 12.9. The van der Waals surface area contributed by atoms with E-state index in [2.05, 4.69) is 59.2 Å². The second-order valence-electron chi connectivity index (χ2n) is 9.15. The van der Waals surface area contributed by atoms with Gasteiger partial charge in [-0.15, -0.1) is 0 Å². The minimum Gasteiger partial charge on any atom is -0.0616 e. The number of fused-ring (bicyclic) bond motifs is 10. The Morgan fingerprint density at radius 3 is 0.450 bits per heavy atom. The van der Waals surface area contributed by atoms with Crippen LogP contribution in [0.3, 0.4) is 0 Å². The number of hydrogen-bond donors (Lipinski definition) is 0. The van der Waals surface area contributed by atoms with Crippen molar-refractivity contribution in [3.8, 4) is 59.2 Å². The lowest BCUT2D eigenvalue weighted by Crippen LogP contribution is -1.82. The summed E-state index contributed by atoms with van der Waals surface area (Å²) in [6.45, 7) is 0. The van der Waals surface area contributed by atoms with Crippen molar-refractivity contribution in [2.45, 2.75) is 0 Å². The van der Waals surface area contributed by atoms with Crippen LogP contribution < -0.4 is 0 Å². The maximum absolute atomic E-state index is 3.26. The van der Waals surface area contributed by atoms with Gasteiger partial charge in [-0.3, -0.25) is 0 Å². The molecule has 0 N–H and O–H groups in total. The Morgan fingerprint density at radius 1 is 0.200 bits per heavy atom. The summed E-state index contributed by atoms with van der Waals surface area (Å²) in [5, 5.41) is 0. The molecular formula is C40H20. The van der Waals surface area contributed by atoms with Crippen molar-refractivity contribution in [1.29, 1.82) is 0 Å². The number of hydrogen-bond acceptors (Lipinski definition) is 0. The highest BCUT2D eigenvalue weighted by atomic mass is 14.0. The lowest BCUT2D eigenvalue weighted by Gasteiger charge is -1.95. The van der Waals surface area contributed by atoms with Crippen LogP contribution in [0.15, 0.2) is 121 Å². The van der Waals surface area contributed by atoms with Gasteiger partial charge >= 0.3 is 0 Å². The van der Waals surface area contributed by atoms with Gasteiger partial charge in [-0.2, -0.15) is 0 Å². The predicted molar refractivity (Wildman–Crippen MR) is 162 cm³/mol. The summed E-state index contributed by atoms with van der Waals surface area (Å²) in [7, 11) is 0. The van der Waals surface area contributed by atoms with Crippen LogP contribution in [-0.2, 0) is 0 Å². The summed E-state index contributed by atoms with van der Waals surface area (Å²) in [5.41, 5.74) is 9.11. The third-order valence-corrected chi connectivity index (χ3v) is 6.07. The van der Waals surface area contributed by atoms with Gasteiger partial charge in [0.15, 0.2) is 0 Å². The van der Waals surface area contributed by atoms with Crippen LogP contribution in [-0.4, -0.2) is 0 Å². The SMILES string of the molecule is C1#Cc2cccc(c2)C#Cc2cccc(c2)C#Cc2cccc(c2)C#Cc2cccc(c2)C#Cc2cccc1c2. The maximum atomic E-state index is 3.26. The minimum atomic E-state index is 0.911. The molecule has 0 radical (unpaired) electrons. The fraction of sp³-hybridized carbons (Fsp3) is 0. The van der Waals surface area contributed by atoms with Crippen LogP contribution in [0, 0.1) is 59.2 Å². The Morgan fingerprint density at radius 2 is 0.325 bits per heavy atom. The van der Waals surface area contributed by atoms with Crippen molar-refractivity contribution in [3.05, 3.63) is 177 Å². The van der Waals surface area contributed by atoms with E-state index < -0.39 is 0 Å². The van der Waals surface area contributed by atoms with Gasteiger partial charge in [0, 0.05) is 55.6 Å². The minimum absolute atomic E-state index is 0.911. The smallest absolute Gasteiger partial charge is 0.0261 e. The highest BCUT2D eigenvalue weighted by molar-refractivity contribution is 5.55. The fourth-order valence-corrected chi connectivity index (χ4v) is 4.10. The average Bonchev–Trinajstić information content (AvgIpc) is 3.00. The molecule has 0 aliphatic heterocycles. The maximum Gasteiger partial charge on any atom is 0.0261 e. The Balaban J connectivity index is 1.45. The molecule has 40 heavy (non-hydrogen) atoms. The Kier molecular flexibility index (Phi) is 6.99. The quantitative estimate of drug-likeness (QED) is 0.197. The molecule has 0 heterocycles. The van der Waals surface area contributed by atoms with Gasteiger partial charge in [0.05, 0.1) is 0 Å². The third-order valence-electron chi connectivity index (χ3n) is 6.07. The molecule has 0 fully saturated rings. The number of rotatable bonds is 0. The molecule has 5 aromatic carbocycles. The molecule has 10 bridgehead atoms. The molecule has 0 atom stereocenters. The Bertz CT molecular complexity index is 1610. The summed E-state index contributed by atoms with van der Waals surface area (Å²) < 4.78 is 0. The van der Waals surface area contributed by atoms with E-state index in [0.29, 0.717) is 0 Å². The average molecular weight is 501 g/mol. The molecule has 0 aromatic heterocycles. The van der Waals surface area contributed by atoms with Gasteiger partial charge in [-0.25, -0.2) is 0 Å². The molecule has 1 aliphatic carbocycles. The van der Waals surface area contributed by atoms with E-state index in [-0.39, 0.29) is 0 Å². The van der Waals surface area contributed by atoms with E-state index in [9.17, 15) is 0 Å². The first-order valence-corrected chi connectivity index (χ1v) is 12.9. The lowest BCUT2D eigenvalue weighted by molar-refractivity contribution is 1.57. The Labute approximate surface area is 235 Å². The molecular weight excluding hydrogens is 480 g/mol. The van der Waals surface area contributed by atoms with Gasteiger partial charge in [-0.05, 0) is 91.0 Å². The highest BCUT2D eigenvalue weighted by Crippen LogP contribution is 2.10. The zero-order chi connectivity index (χ0) is 27.0. The molecule has 0 nitrogen and oxygen atoms in total. The van der Waals surface area contributed by atoms with Gasteiger partial charge in [0.2, 0.25) is 0 Å². The van der Waals surface area contributed by atoms with E-state index in [1.807, 2.05) is 121 Å². The summed E-state index contributed by atoms with van der Waals surface area (Å²) in [6.07, 6.45) is 0. The van der Waals surface area contributed by atoms with Crippen LogP contribution in [0.5, 0.6) is 0 Å². The van der Waals surface area contributed by atoms with Crippen LogP contribution in [0.2, 0.25) is 0 Å². The largest absolute Gasteiger partial charge is 0.0616 e. The van der Waals surface area contributed by atoms with Crippen molar-refractivity contribution in [1.82, 2.24) is 0 Å². The van der Waals surface area contributed by atoms with Gasteiger partial charge in [0.25, 0.3) is 0 Å². The van der Waals surface area contributed by atoms with Crippen molar-refractivity contribution in [3.63, 3.8) is 0 Å². The molecule has 0 unspecified atom stereocenters. The van der Waals surface area contributed by atoms with Crippen LogP contribution >= 0.6 is 0 Å². The highest BCUT2D eigenvalue weighted by Gasteiger charge is 1.96. The molecule has 5 aromatic rings. The van der Waals surface area contributed by atoms with E-state index in [4.69, 9.17) is 0 Å². The van der Waals surface area contributed by atoms with Crippen LogP contribution in [0.1, 0.15) is 55.6 Å². The van der Waals surface area contributed by atoms with E-state index in [1.54, 1.807) is 0 Å². The van der Waals surface area contributed by atoms with Gasteiger partial charge in [-0.1, -0.05) is 89.5 Å². The lowest BCUT2D eigenvalue weighted by atomic mass is 10.1. The molecule has 0 saturated carbocycles. The van der Waals surface area contributed by atoms with Gasteiger partial charge < -0.3 is 0 Å². The fourth-order valence-electron chi connectivity index (χ4n) is 4.10. The van der Waals surface area contributed by atoms with Crippen LogP contribution in [0.25, 0.3) is 0 Å². The van der Waals surface area contributed by atoms with Crippen molar-refractivity contribution >= 4 is 0 Å². The summed E-state index contributed by atoms with van der Waals surface area (Å²) in [5.74, 6) is 32.6. The first kappa shape index (κ1) is 24.2. The zero-order valence-electron chi connectivity index (χ0n) is 21.5. The second-order valence-corrected chi connectivity index (χ2v) is 9.15. The predicted octanol–water partition coefficient (Wildman–Crippen LogP) is 7.00. The summed E-state index contributed by atoms with van der Waals surface area (Å²) in [4.78, 5) is 0. The van der Waals surface area contributed by atoms with Crippen LogP contribution in [0.4, 0.5) is 0 Å². The molecule has 0 spiro atoms. The standard InChI is InChI=1S/C40H20/c1-6-31-16-18-33-8-2-10-35(27-33)20-22-37-12-4-14-39(29-37)24-25-40-15-5-13-38(30-40)23-21-36-11-3-9-34(28-36)19-17-32(7-1)26-31/h1-15,26-30H. The van der Waals surface area contributed by atoms with Crippen molar-refractivity contribution in [2.75, 3.05) is 0 Å². The normalized spacial score (nSPS) is 10.5. The Hall–Kier alpha value is -6.10. The monoisotopic (exact) mass is 500 g/mol. The van der Waals surface area contributed by atoms with Gasteiger partial charge in [0.1, 0.15) is 0 Å². The summed E-state index contributed by atoms with van der Waals surface area (Å²) >= 11 is 0.